The van der Waals surface area contributed by atoms with Crippen LogP contribution in [0.3, 0.4) is 0 Å². The maximum atomic E-state index is 11.7. The number of amides is 2. The van der Waals surface area contributed by atoms with E-state index in [2.05, 4.69) is 11.9 Å². The molecule has 0 bridgehead atoms. The Kier molecular flexibility index (Phi) is 4.15. The first-order valence-electron chi connectivity index (χ1n) is 5.76. The molecule has 5 nitrogen and oxygen atoms in total. The third-order valence-electron chi connectivity index (χ3n) is 3.10. The first-order valence-corrected chi connectivity index (χ1v) is 5.76. The van der Waals surface area contributed by atoms with Crippen molar-refractivity contribution in [2.75, 3.05) is 19.6 Å². The standard InChI is InChI=1S/C12H20N2O3/c1-9(2)4-6-13-11(17)14-7-5-12(3,8-14)10(15)16/h1,4-8H2,2-3H3,(H,13,17)(H,15,16). The number of rotatable bonds is 4. The lowest BCUT2D eigenvalue weighted by atomic mass is 9.90. The van der Waals surface area contributed by atoms with Gasteiger partial charge in [0.2, 0.25) is 0 Å². The van der Waals surface area contributed by atoms with Crippen LogP contribution in [-0.4, -0.2) is 41.6 Å². The number of carboxylic acids is 1. The first kappa shape index (κ1) is 13.5. The summed E-state index contributed by atoms with van der Waals surface area (Å²) < 4.78 is 0. The van der Waals surface area contributed by atoms with Crippen molar-refractivity contribution in [1.29, 1.82) is 0 Å². The molecule has 0 aromatic heterocycles. The predicted octanol–water partition coefficient (Wildman–Crippen LogP) is 1.46. The molecule has 1 aliphatic rings. The van der Waals surface area contributed by atoms with Crippen molar-refractivity contribution >= 4 is 12.0 Å². The number of nitrogens with zero attached hydrogens (tertiary/aromatic N) is 1. The van der Waals surface area contributed by atoms with Gasteiger partial charge in [0.1, 0.15) is 0 Å². The summed E-state index contributed by atoms with van der Waals surface area (Å²) in [7, 11) is 0. The van der Waals surface area contributed by atoms with E-state index in [1.807, 2.05) is 6.92 Å². The maximum Gasteiger partial charge on any atom is 0.317 e. The molecule has 1 atom stereocenters. The molecule has 17 heavy (non-hydrogen) atoms. The molecule has 96 valence electrons. The molecule has 0 saturated carbocycles. The molecule has 0 aliphatic carbocycles. The molecule has 1 heterocycles. The SMILES string of the molecule is C=C(C)CCNC(=O)N1CCC(C)(C(=O)O)C1. The van der Waals surface area contributed by atoms with Crippen molar-refractivity contribution in [1.82, 2.24) is 10.2 Å². The Labute approximate surface area is 101 Å². The van der Waals surface area contributed by atoms with Crippen LogP contribution in [0.5, 0.6) is 0 Å². The highest BCUT2D eigenvalue weighted by Crippen LogP contribution is 2.29. The third-order valence-corrected chi connectivity index (χ3v) is 3.10. The van der Waals surface area contributed by atoms with Crippen LogP contribution in [0.2, 0.25) is 0 Å². The molecule has 1 unspecified atom stereocenters. The highest BCUT2D eigenvalue weighted by Gasteiger charge is 2.41. The molecule has 0 radical (unpaired) electrons. The second-order valence-electron chi connectivity index (χ2n) is 4.98. The summed E-state index contributed by atoms with van der Waals surface area (Å²) in [5, 5.41) is 11.8. The van der Waals surface area contributed by atoms with Gasteiger partial charge in [0.05, 0.1) is 5.41 Å². The van der Waals surface area contributed by atoms with Gasteiger partial charge in [-0.15, -0.1) is 6.58 Å². The van der Waals surface area contributed by atoms with E-state index in [-0.39, 0.29) is 12.6 Å². The topological polar surface area (TPSA) is 69.6 Å². The summed E-state index contributed by atoms with van der Waals surface area (Å²) in [5.74, 6) is -0.838. The molecule has 1 aliphatic heterocycles. The third kappa shape index (κ3) is 3.47. The van der Waals surface area contributed by atoms with Crippen molar-refractivity contribution in [3.63, 3.8) is 0 Å². The smallest absolute Gasteiger partial charge is 0.317 e. The minimum atomic E-state index is -0.838. The van der Waals surface area contributed by atoms with E-state index in [4.69, 9.17) is 5.11 Å². The van der Waals surface area contributed by atoms with Crippen LogP contribution in [0.1, 0.15) is 26.7 Å². The molecule has 1 fully saturated rings. The van der Waals surface area contributed by atoms with Crippen LogP contribution in [0.15, 0.2) is 12.2 Å². The van der Waals surface area contributed by atoms with Crippen LogP contribution in [0.4, 0.5) is 4.79 Å². The Morgan fingerprint density at radius 1 is 1.53 bits per heavy atom. The Hall–Kier alpha value is -1.52. The van der Waals surface area contributed by atoms with Crippen molar-refractivity contribution in [2.45, 2.75) is 26.7 Å². The fraction of sp³-hybridized carbons (Fsp3) is 0.667. The Balaban J connectivity index is 2.40. The van der Waals surface area contributed by atoms with Gasteiger partial charge in [-0.25, -0.2) is 4.79 Å². The number of aliphatic carboxylic acids is 1. The van der Waals surface area contributed by atoms with Crippen molar-refractivity contribution in [3.8, 4) is 0 Å². The summed E-state index contributed by atoms with van der Waals surface area (Å²) in [6.45, 7) is 8.67. The minimum Gasteiger partial charge on any atom is -0.481 e. The number of likely N-dealkylation sites (tertiary alicyclic amines) is 1. The summed E-state index contributed by atoms with van der Waals surface area (Å²) >= 11 is 0. The van der Waals surface area contributed by atoms with E-state index in [0.717, 1.165) is 12.0 Å². The quantitative estimate of drug-likeness (QED) is 0.731. The number of carboxylic acid groups (broad SMARTS) is 1. The first-order chi connectivity index (χ1) is 7.85. The van der Waals surface area contributed by atoms with Gasteiger partial charge >= 0.3 is 12.0 Å². The lowest BCUT2D eigenvalue weighted by Crippen LogP contribution is -2.41. The number of hydrogen-bond donors (Lipinski definition) is 2. The van der Waals surface area contributed by atoms with Gasteiger partial charge < -0.3 is 15.3 Å². The van der Waals surface area contributed by atoms with Gasteiger partial charge in [0.25, 0.3) is 0 Å². The van der Waals surface area contributed by atoms with E-state index in [1.165, 1.54) is 0 Å². The lowest BCUT2D eigenvalue weighted by molar-refractivity contribution is -0.146. The second kappa shape index (κ2) is 5.21. The fourth-order valence-corrected chi connectivity index (χ4v) is 1.80. The fourth-order valence-electron chi connectivity index (χ4n) is 1.80. The van der Waals surface area contributed by atoms with Crippen LogP contribution >= 0.6 is 0 Å². The van der Waals surface area contributed by atoms with Crippen LogP contribution in [-0.2, 0) is 4.79 Å². The van der Waals surface area contributed by atoms with Crippen molar-refractivity contribution in [3.05, 3.63) is 12.2 Å². The zero-order valence-corrected chi connectivity index (χ0v) is 10.5. The lowest BCUT2D eigenvalue weighted by Gasteiger charge is -2.20. The van der Waals surface area contributed by atoms with Gasteiger partial charge in [-0.05, 0) is 26.7 Å². The molecule has 1 rings (SSSR count). The summed E-state index contributed by atoms with van der Waals surface area (Å²) in [4.78, 5) is 24.3. The summed E-state index contributed by atoms with van der Waals surface area (Å²) in [6, 6.07) is -0.184. The maximum absolute atomic E-state index is 11.7. The van der Waals surface area contributed by atoms with Gasteiger partial charge in [-0.3, -0.25) is 4.79 Å². The molecule has 0 aromatic carbocycles. The molecule has 0 aromatic rings. The van der Waals surface area contributed by atoms with E-state index in [9.17, 15) is 9.59 Å². The average Bonchev–Trinajstić information content (AvgIpc) is 2.62. The summed E-state index contributed by atoms with van der Waals surface area (Å²) in [6.07, 6.45) is 1.26. The van der Waals surface area contributed by atoms with Crippen LogP contribution in [0.25, 0.3) is 0 Å². The predicted molar refractivity (Wildman–Crippen MR) is 64.8 cm³/mol. The molecule has 0 spiro atoms. The molecule has 5 heteroatoms. The van der Waals surface area contributed by atoms with E-state index >= 15 is 0 Å². The molecular formula is C12H20N2O3. The Bertz CT molecular complexity index is 341. The zero-order valence-electron chi connectivity index (χ0n) is 10.5. The normalized spacial score (nSPS) is 23.5. The number of urea groups is 1. The largest absolute Gasteiger partial charge is 0.481 e. The number of carbonyl (C=O) groups is 2. The van der Waals surface area contributed by atoms with Gasteiger partial charge in [-0.2, -0.15) is 0 Å². The second-order valence-corrected chi connectivity index (χ2v) is 4.98. The monoisotopic (exact) mass is 240 g/mol. The number of nitrogens with one attached hydrogen (secondary N) is 1. The van der Waals surface area contributed by atoms with Crippen molar-refractivity contribution in [2.24, 2.45) is 5.41 Å². The Morgan fingerprint density at radius 3 is 2.65 bits per heavy atom. The number of hydrogen-bond acceptors (Lipinski definition) is 2. The highest BCUT2D eigenvalue weighted by atomic mass is 16.4. The molecule has 2 amide bonds. The van der Waals surface area contributed by atoms with E-state index in [1.54, 1.807) is 11.8 Å². The van der Waals surface area contributed by atoms with E-state index < -0.39 is 11.4 Å². The summed E-state index contributed by atoms with van der Waals surface area (Å²) in [5.41, 5.74) is 0.216. The van der Waals surface area contributed by atoms with Gasteiger partial charge in [-0.1, -0.05) is 5.57 Å². The van der Waals surface area contributed by atoms with Crippen LogP contribution in [0, 0.1) is 5.41 Å². The van der Waals surface area contributed by atoms with Crippen LogP contribution < -0.4 is 5.32 Å². The number of carbonyl (C=O) groups excluding carboxylic acids is 1. The van der Waals surface area contributed by atoms with Crippen molar-refractivity contribution < 1.29 is 14.7 Å². The molecule has 2 N–H and O–H groups in total. The Morgan fingerprint density at radius 2 is 2.18 bits per heavy atom. The molecular weight excluding hydrogens is 220 g/mol. The van der Waals surface area contributed by atoms with E-state index in [0.29, 0.717) is 19.5 Å². The zero-order chi connectivity index (χ0) is 13.1. The minimum absolute atomic E-state index is 0.184. The molecule has 1 saturated heterocycles. The average molecular weight is 240 g/mol. The van der Waals surface area contributed by atoms with Gasteiger partial charge in [0, 0.05) is 19.6 Å². The highest BCUT2D eigenvalue weighted by molar-refractivity contribution is 5.79. The van der Waals surface area contributed by atoms with Gasteiger partial charge in [0.15, 0.2) is 0 Å².